The van der Waals surface area contributed by atoms with E-state index in [1.54, 1.807) is 24.4 Å². The van der Waals surface area contributed by atoms with E-state index in [0.29, 0.717) is 27.2 Å². The Morgan fingerprint density at radius 1 is 0.950 bits per heavy atom. The summed E-state index contributed by atoms with van der Waals surface area (Å²) in [5.74, 6) is 1.14. The maximum atomic E-state index is 5.99. The van der Waals surface area contributed by atoms with Gasteiger partial charge < -0.3 is 10.5 Å². The Labute approximate surface area is 125 Å². The molecule has 3 nitrogen and oxygen atoms in total. The fourth-order valence-electron chi connectivity index (χ4n) is 1.91. The molecule has 3 aromatic rings. The van der Waals surface area contributed by atoms with Crippen molar-refractivity contribution >= 4 is 39.8 Å². The molecule has 0 fully saturated rings. The van der Waals surface area contributed by atoms with Crippen LogP contribution in [0.25, 0.3) is 10.9 Å². The van der Waals surface area contributed by atoms with Crippen molar-refractivity contribution in [3.05, 3.63) is 58.7 Å². The van der Waals surface area contributed by atoms with Crippen LogP contribution >= 0.6 is 23.2 Å². The average Bonchev–Trinajstić information content (AvgIpc) is 2.45. The number of pyridine rings is 1. The molecule has 20 heavy (non-hydrogen) atoms. The molecule has 2 aromatic carbocycles. The number of nitrogens with two attached hydrogens (primary N) is 1. The van der Waals surface area contributed by atoms with Crippen LogP contribution < -0.4 is 10.5 Å². The summed E-state index contributed by atoms with van der Waals surface area (Å²) in [5, 5.41) is 1.70. The number of fused-ring (bicyclic) bond motifs is 1. The van der Waals surface area contributed by atoms with Crippen LogP contribution in [0.15, 0.2) is 48.7 Å². The van der Waals surface area contributed by atoms with Crippen LogP contribution in [0.5, 0.6) is 11.5 Å². The first-order valence-corrected chi connectivity index (χ1v) is 6.67. The molecule has 0 spiro atoms. The third-order valence-corrected chi connectivity index (χ3v) is 3.60. The Morgan fingerprint density at radius 3 is 2.55 bits per heavy atom. The summed E-state index contributed by atoms with van der Waals surface area (Å²) in [7, 11) is 0. The van der Waals surface area contributed by atoms with E-state index in [2.05, 4.69) is 4.98 Å². The first-order valence-electron chi connectivity index (χ1n) is 5.91. The number of anilines is 1. The Kier molecular flexibility index (Phi) is 3.38. The van der Waals surface area contributed by atoms with Gasteiger partial charge in [-0.15, -0.1) is 0 Å². The first-order chi connectivity index (χ1) is 9.65. The highest BCUT2D eigenvalue weighted by Gasteiger charge is 2.09. The molecule has 0 bridgehead atoms. The lowest BCUT2D eigenvalue weighted by Gasteiger charge is -2.11. The van der Waals surface area contributed by atoms with Crippen molar-refractivity contribution in [1.29, 1.82) is 0 Å². The predicted octanol–water partition coefficient (Wildman–Crippen LogP) is 4.92. The fourth-order valence-corrected chi connectivity index (χ4v) is 2.24. The van der Waals surface area contributed by atoms with Gasteiger partial charge in [0.15, 0.2) is 5.75 Å². The van der Waals surface area contributed by atoms with Crippen molar-refractivity contribution in [3.63, 3.8) is 0 Å². The molecular weight excluding hydrogens is 295 g/mol. The van der Waals surface area contributed by atoms with Gasteiger partial charge in [-0.3, -0.25) is 4.98 Å². The zero-order chi connectivity index (χ0) is 14.1. The SMILES string of the molecule is Nc1cc(Cl)c(Cl)cc1Oc1ccnc2ccccc12. The highest BCUT2D eigenvalue weighted by atomic mass is 35.5. The Morgan fingerprint density at radius 2 is 1.70 bits per heavy atom. The molecule has 0 saturated heterocycles. The number of benzene rings is 2. The summed E-state index contributed by atoms with van der Waals surface area (Å²) in [6, 6.07) is 12.7. The molecule has 0 saturated carbocycles. The molecule has 0 amide bonds. The van der Waals surface area contributed by atoms with Crippen molar-refractivity contribution in [2.45, 2.75) is 0 Å². The zero-order valence-corrected chi connectivity index (χ0v) is 11.8. The molecule has 2 N–H and O–H groups in total. The van der Waals surface area contributed by atoms with Crippen molar-refractivity contribution in [2.24, 2.45) is 0 Å². The molecule has 1 heterocycles. The van der Waals surface area contributed by atoms with E-state index in [0.717, 1.165) is 10.9 Å². The highest BCUT2D eigenvalue weighted by Crippen LogP contribution is 2.36. The van der Waals surface area contributed by atoms with Gasteiger partial charge in [-0.05, 0) is 24.3 Å². The van der Waals surface area contributed by atoms with Crippen molar-refractivity contribution in [1.82, 2.24) is 4.98 Å². The summed E-state index contributed by atoms with van der Waals surface area (Å²) in [6.07, 6.45) is 1.69. The van der Waals surface area contributed by atoms with Crippen molar-refractivity contribution in [2.75, 3.05) is 5.73 Å². The van der Waals surface area contributed by atoms with Crippen LogP contribution in [-0.4, -0.2) is 4.98 Å². The minimum Gasteiger partial charge on any atom is -0.454 e. The maximum absolute atomic E-state index is 5.99. The second kappa shape index (κ2) is 5.19. The topological polar surface area (TPSA) is 48.1 Å². The van der Waals surface area contributed by atoms with Gasteiger partial charge in [-0.25, -0.2) is 0 Å². The van der Waals surface area contributed by atoms with Crippen LogP contribution in [-0.2, 0) is 0 Å². The number of hydrogen-bond donors (Lipinski definition) is 1. The maximum Gasteiger partial charge on any atom is 0.151 e. The number of nitrogens with zero attached hydrogens (tertiary/aromatic N) is 1. The van der Waals surface area contributed by atoms with Gasteiger partial charge >= 0.3 is 0 Å². The van der Waals surface area contributed by atoms with Crippen LogP contribution in [0.3, 0.4) is 0 Å². The molecule has 100 valence electrons. The number of hydrogen-bond acceptors (Lipinski definition) is 3. The summed E-state index contributed by atoms with van der Waals surface area (Å²) >= 11 is 11.9. The van der Waals surface area contributed by atoms with Crippen LogP contribution in [0, 0.1) is 0 Å². The molecule has 1 aromatic heterocycles. The van der Waals surface area contributed by atoms with E-state index in [9.17, 15) is 0 Å². The van der Waals surface area contributed by atoms with Gasteiger partial charge in [0.25, 0.3) is 0 Å². The van der Waals surface area contributed by atoms with E-state index in [1.165, 1.54) is 0 Å². The lowest BCUT2D eigenvalue weighted by molar-refractivity contribution is 0.490. The monoisotopic (exact) mass is 304 g/mol. The minimum atomic E-state index is 0.397. The lowest BCUT2D eigenvalue weighted by atomic mass is 10.2. The quantitative estimate of drug-likeness (QED) is 0.684. The van der Waals surface area contributed by atoms with E-state index < -0.39 is 0 Å². The molecule has 0 radical (unpaired) electrons. The summed E-state index contributed by atoms with van der Waals surface area (Å²) < 4.78 is 5.85. The second-order valence-corrected chi connectivity index (χ2v) is 5.05. The molecule has 0 aliphatic rings. The molecule has 3 rings (SSSR count). The zero-order valence-electron chi connectivity index (χ0n) is 10.3. The summed E-state index contributed by atoms with van der Waals surface area (Å²) in [5.41, 5.74) is 7.18. The van der Waals surface area contributed by atoms with Gasteiger partial charge in [0.05, 0.1) is 21.2 Å². The number of ether oxygens (including phenoxy) is 1. The van der Waals surface area contributed by atoms with E-state index >= 15 is 0 Å². The normalized spacial score (nSPS) is 10.7. The van der Waals surface area contributed by atoms with Crippen LogP contribution in [0.4, 0.5) is 5.69 Å². The van der Waals surface area contributed by atoms with Crippen LogP contribution in [0.2, 0.25) is 10.0 Å². The first kappa shape index (κ1) is 13.0. The molecule has 5 heteroatoms. The molecule has 0 unspecified atom stereocenters. The number of rotatable bonds is 2. The molecule has 0 atom stereocenters. The number of nitrogen functional groups attached to an aromatic ring is 1. The second-order valence-electron chi connectivity index (χ2n) is 4.23. The highest BCUT2D eigenvalue weighted by molar-refractivity contribution is 6.42. The van der Waals surface area contributed by atoms with E-state index in [4.69, 9.17) is 33.7 Å². The molecule has 0 aliphatic heterocycles. The number of halogens is 2. The third kappa shape index (κ3) is 2.38. The van der Waals surface area contributed by atoms with E-state index in [-0.39, 0.29) is 0 Å². The van der Waals surface area contributed by atoms with Gasteiger partial charge in [0, 0.05) is 17.6 Å². The standard InChI is InChI=1S/C15H10Cl2N2O/c16-10-7-12(18)15(8-11(10)17)20-14-5-6-19-13-4-2-1-3-9(13)14/h1-8H,18H2. The molecular formula is C15H10Cl2N2O. The van der Waals surface area contributed by atoms with Crippen LogP contribution in [0.1, 0.15) is 0 Å². The summed E-state index contributed by atoms with van der Waals surface area (Å²) in [6.45, 7) is 0. The van der Waals surface area contributed by atoms with E-state index in [1.807, 2.05) is 24.3 Å². The Bertz CT molecular complexity index is 785. The average molecular weight is 305 g/mol. The Hall–Kier alpha value is -1.97. The molecule has 0 aliphatic carbocycles. The Balaban J connectivity index is 2.08. The fraction of sp³-hybridized carbons (Fsp3) is 0. The van der Waals surface area contributed by atoms with Gasteiger partial charge in [-0.2, -0.15) is 0 Å². The number of para-hydroxylation sites is 1. The summed E-state index contributed by atoms with van der Waals surface area (Å²) in [4.78, 5) is 4.28. The largest absolute Gasteiger partial charge is 0.454 e. The number of aromatic nitrogens is 1. The minimum absolute atomic E-state index is 0.397. The smallest absolute Gasteiger partial charge is 0.151 e. The van der Waals surface area contributed by atoms with Gasteiger partial charge in [-0.1, -0.05) is 35.3 Å². The predicted molar refractivity (Wildman–Crippen MR) is 82.7 cm³/mol. The third-order valence-electron chi connectivity index (χ3n) is 2.88. The van der Waals surface area contributed by atoms with Gasteiger partial charge in [0.1, 0.15) is 5.75 Å². The lowest BCUT2D eigenvalue weighted by Crippen LogP contribution is -1.93. The van der Waals surface area contributed by atoms with Crippen molar-refractivity contribution in [3.8, 4) is 11.5 Å². The van der Waals surface area contributed by atoms with Gasteiger partial charge in [0.2, 0.25) is 0 Å². The van der Waals surface area contributed by atoms with Crippen molar-refractivity contribution < 1.29 is 4.74 Å².